The zero-order valence-corrected chi connectivity index (χ0v) is 29.2. The first-order chi connectivity index (χ1) is 23.7. The second kappa shape index (κ2) is 15.3. The minimum absolute atomic E-state index is 0.0550. The minimum atomic E-state index is -0.463. The largest absolute Gasteiger partial charge is 0.274 e. The molecule has 6 rings (SSSR count). The molecule has 0 saturated heterocycles. The Morgan fingerprint density at radius 3 is 1.22 bits per heavy atom. The van der Waals surface area contributed by atoms with E-state index in [0.717, 1.165) is 26.0 Å². The second-order valence-electron chi connectivity index (χ2n) is 10.7. The van der Waals surface area contributed by atoms with Gasteiger partial charge in [-0.25, -0.2) is 0 Å². The number of carbonyl (C=O) groups excluding carboxylic acids is 2. The smallest absolute Gasteiger partial charge is 0.269 e. The van der Waals surface area contributed by atoms with E-state index in [-0.39, 0.29) is 29.0 Å². The van der Waals surface area contributed by atoms with Crippen molar-refractivity contribution in [3.8, 4) is 0 Å². The topological polar surface area (TPSA) is 124 Å². The van der Waals surface area contributed by atoms with Crippen molar-refractivity contribution < 1.29 is 19.4 Å². The third-order valence-electron chi connectivity index (χ3n) is 7.44. The number of carbonyl (C=O) groups is 2. The molecule has 5 aromatic carbocycles. The summed E-state index contributed by atoms with van der Waals surface area (Å²) in [5, 5.41) is 22.8. The SMILES string of the molecule is CCCCN1C(=O)c2c(Sc3ccc([N+](=O)[O-])cc3)c(Sc3ccccc3)c(Sc3ccccc3)c(Sc3ccc([N+](=O)[O-])cc3)c2C1=O. The van der Waals surface area contributed by atoms with Crippen molar-refractivity contribution in [2.45, 2.75) is 58.9 Å². The van der Waals surface area contributed by atoms with Crippen LogP contribution >= 0.6 is 47.0 Å². The molecule has 0 fully saturated rings. The van der Waals surface area contributed by atoms with Crippen LogP contribution < -0.4 is 0 Å². The number of hydrogen-bond donors (Lipinski definition) is 0. The molecule has 13 heteroatoms. The maximum Gasteiger partial charge on any atom is 0.269 e. The number of hydrogen-bond acceptors (Lipinski definition) is 10. The molecule has 0 aliphatic carbocycles. The Morgan fingerprint density at radius 2 is 0.878 bits per heavy atom. The van der Waals surface area contributed by atoms with Crippen LogP contribution in [0.1, 0.15) is 40.5 Å². The van der Waals surface area contributed by atoms with Crippen molar-refractivity contribution in [1.82, 2.24) is 4.90 Å². The normalized spacial score (nSPS) is 12.3. The average Bonchev–Trinajstić information content (AvgIpc) is 3.36. The van der Waals surface area contributed by atoms with E-state index in [1.54, 1.807) is 24.3 Å². The monoisotopic (exact) mass is 725 g/mol. The molecule has 9 nitrogen and oxygen atoms in total. The van der Waals surface area contributed by atoms with Gasteiger partial charge in [-0.1, -0.05) is 96.8 Å². The van der Waals surface area contributed by atoms with Gasteiger partial charge in [0.25, 0.3) is 23.2 Å². The van der Waals surface area contributed by atoms with Gasteiger partial charge in [0.1, 0.15) is 0 Å². The van der Waals surface area contributed by atoms with Crippen LogP contribution in [-0.2, 0) is 0 Å². The van der Waals surface area contributed by atoms with E-state index in [0.29, 0.717) is 26.0 Å². The lowest BCUT2D eigenvalue weighted by Gasteiger charge is -2.21. The molecule has 2 amide bonds. The summed E-state index contributed by atoms with van der Waals surface area (Å²) in [6, 6.07) is 31.7. The zero-order valence-electron chi connectivity index (χ0n) is 25.9. The standard InChI is InChI=1S/C36H27N3O6S4/c1-2-3-22-37-35(40)29-30(36(37)41)32(47-28-20-16-24(17-21-28)39(44)45)34(49-26-12-8-5-9-13-26)33(48-25-10-6-4-7-11-25)31(29)46-27-18-14-23(15-19-27)38(42)43/h4-21H,2-3,22H2,1H3. The average molecular weight is 726 g/mol. The van der Waals surface area contributed by atoms with Crippen LogP contribution in [0.5, 0.6) is 0 Å². The van der Waals surface area contributed by atoms with Gasteiger partial charge in [-0.3, -0.25) is 34.7 Å². The van der Waals surface area contributed by atoms with Crippen LogP contribution in [0.15, 0.2) is 148 Å². The number of amides is 2. The molecule has 0 spiro atoms. The van der Waals surface area contributed by atoms with Crippen molar-refractivity contribution in [1.29, 1.82) is 0 Å². The van der Waals surface area contributed by atoms with Crippen LogP contribution in [0.25, 0.3) is 0 Å². The molecular formula is C36H27N3O6S4. The summed E-state index contributed by atoms with van der Waals surface area (Å²) in [6.07, 6.45) is 1.42. The van der Waals surface area contributed by atoms with Gasteiger partial charge in [-0.15, -0.1) is 0 Å². The van der Waals surface area contributed by atoms with Crippen LogP contribution in [-0.4, -0.2) is 33.1 Å². The number of unbranched alkanes of at least 4 members (excludes halogenated alkanes) is 1. The zero-order chi connectivity index (χ0) is 34.5. The van der Waals surface area contributed by atoms with E-state index in [4.69, 9.17) is 0 Å². The van der Waals surface area contributed by atoms with E-state index in [1.807, 2.05) is 67.6 Å². The number of nitrogens with zero attached hydrogens (tertiary/aromatic N) is 3. The van der Waals surface area contributed by atoms with Crippen LogP contribution in [0, 0.1) is 20.2 Å². The summed E-state index contributed by atoms with van der Waals surface area (Å²) in [5.41, 5.74) is 0.454. The predicted molar refractivity (Wildman–Crippen MR) is 192 cm³/mol. The number of benzene rings is 5. The third-order valence-corrected chi connectivity index (χ3v) is 12.3. The van der Waals surface area contributed by atoms with Gasteiger partial charge >= 0.3 is 0 Å². The van der Waals surface area contributed by atoms with Crippen LogP contribution in [0.3, 0.4) is 0 Å². The lowest BCUT2D eigenvalue weighted by atomic mass is 10.1. The molecule has 1 aliphatic rings. The molecule has 49 heavy (non-hydrogen) atoms. The van der Waals surface area contributed by atoms with E-state index in [2.05, 4.69) is 0 Å². The third kappa shape index (κ3) is 7.54. The summed E-state index contributed by atoms with van der Waals surface area (Å²) < 4.78 is 0. The van der Waals surface area contributed by atoms with Crippen molar-refractivity contribution in [3.05, 3.63) is 141 Å². The minimum Gasteiger partial charge on any atom is -0.274 e. The molecule has 0 aromatic heterocycles. The highest BCUT2D eigenvalue weighted by Crippen LogP contribution is 2.55. The number of non-ortho nitro benzene ring substituents is 2. The Balaban J connectivity index is 1.64. The molecule has 1 heterocycles. The Labute approximate surface area is 299 Å². The van der Waals surface area contributed by atoms with Crippen molar-refractivity contribution >= 4 is 70.2 Å². The highest BCUT2D eigenvalue weighted by atomic mass is 32.2. The van der Waals surface area contributed by atoms with E-state index in [9.17, 15) is 29.8 Å². The first-order valence-corrected chi connectivity index (χ1v) is 18.4. The maximum absolute atomic E-state index is 14.4. The van der Waals surface area contributed by atoms with E-state index >= 15 is 0 Å². The van der Waals surface area contributed by atoms with E-state index < -0.39 is 21.7 Å². The fraction of sp³-hybridized carbons (Fsp3) is 0.111. The Bertz CT molecular complexity index is 1900. The van der Waals surface area contributed by atoms with Crippen LogP contribution in [0.2, 0.25) is 0 Å². The predicted octanol–water partition coefficient (Wildman–Crippen LogP) is 10.5. The summed E-state index contributed by atoms with van der Waals surface area (Å²) in [4.78, 5) is 57.8. The van der Waals surface area contributed by atoms with Gasteiger partial charge in [-0.2, -0.15) is 0 Å². The van der Waals surface area contributed by atoms with Crippen molar-refractivity contribution in [2.75, 3.05) is 6.54 Å². The Kier molecular flexibility index (Phi) is 10.7. The number of rotatable bonds is 13. The number of nitro benzene ring substituents is 2. The summed E-state index contributed by atoms with van der Waals surface area (Å²) in [7, 11) is 0. The Morgan fingerprint density at radius 1 is 0.531 bits per heavy atom. The van der Waals surface area contributed by atoms with Gasteiger partial charge in [0.2, 0.25) is 0 Å². The maximum atomic E-state index is 14.4. The molecule has 0 unspecified atom stereocenters. The molecule has 0 radical (unpaired) electrons. The lowest BCUT2D eigenvalue weighted by Crippen LogP contribution is -2.30. The molecule has 1 aliphatic heterocycles. The highest BCUT2D eigenvalue weighted by Gasteiger charge is 2.43. The fourth-order valence-electron chi connectivity index (χ4n) is 5.05. The van der Waals surface area contributed by atoms with Crippen LogP contribution in [0.4, 0.5) is 11.4 Å². The van der Waals surface area contributed by atoms with E-state index in [1.165, 1.54) is 76.2 Å². The van der Waals surface area contributed by atoms with Gasteiger partial charge in [-0.05, 0) is 55.0 Å². The first kappa shape index (κ1) is 34.3. The lowest BCUT2D eigenvalue weighted by molar-refractivity contribution is -0.385. The molecule has 246 valence electrons. The summed E-state index contributed by atoms with van der Waals surface area (Å²) in [5.74, 6) is -0.788. The van der Waals surface area contributed by atoms with Gasteiger partial charge < -0.3 is 0 Å². The molecule has 5 aromatic rings. The summed E-state index contributed by atoms with van der Waals surface area (Å²) >= 11 is 5.53. The summed E-state index contributed by atoms with van der Waals surface area (Å²) in [6.45, 7) is 2.25. The van der Waals surface area contributed by atoms with Gasteiger partial charge in [0, 0.05) is 70.0 Å². The Hall–Kier alpha value is -4.56. The van der Waals surface area contributed by atoms with Crippen molar-refractivity contribution in [3.63, 3.8) is 0 Å². The highest BCUT2D eigenvalue weighted by molar-refractivity contribution is 8.05. The molecule has 0 N–H and O–H groups in total. The molecule has 0 bridgehead atoms. The number of nitro groups is 2. The van der Waals surface area contributed by atoms with Gasteiger partial charge in [0.15, 0.2) is 0 Å². The fourth-order valence-corrected chi connectivity index (χ4v) is 9.75. The molecule has 0 atom stereocenters. The second-order valence-corrected chi connectivity index (χ2v) is 15.1. The quantitative estimate of drug-likeness (QED) is 0.0658. The van der Waals surface area contributed by atoms with Gasteiger partial charge in [0.05, 0.1) is 21.0 Å². The number of imide groups is 1. The molecule has 0 saturated carbocycles. The van der Waals surface area contributed by atoms with Crippen molar-refractivity contribution in [2.24, 2.45) is 0 Å². The first-order valence-electron chi connectivity index (χ1n) is 15.2. The number of fused-ring (bicyclic) bond motifs is 1. The molecular weight excluding hydrogens is 699 g/mol.